The van der Waals surface area contributed by atoms with Crippen molar-refractivity contribution in [3.05, 3.63) is 34.9 Å². The van der Waals surface area contributed by atoms with Gasteiger partial charge in [0, 0.05) is 12.6 Å². The van der Waals surface area contributed by atoms with Gasteiger partial charge < -0.3 is 5.32 Å². The van der Waals surface area contributed by atoms with Gasteiger partial charge in [-0.3, -0.25) is 19.7 Å². The van der Waals surface area contributed by atoms with E-state index in [4.69, 9.17) is 0 Å². The maximum Gasteiger partial charge on any atom is 0.258 e. The largest absolute Gasteiger partial charge is 0.355 e. The molecule has 0 spiro atoms. The Morgan fingerprint density at radius 1 is 1.20 bits per heavy atom. The summed E-state index contributed by atoms with van der Waals surface area (Å²) >= 11 is 0. The lowest BCUT2D eigenvalue weighted by atomic mass is 10.1. The van der Waals surface area contributed by atoms with E-state index in [-0.39, 0.29) is 11.5 Å². The smallest absolute Gasteiger partial charge is 0.258 e. The number of hydrogen-bond donors (Lipinski definition) is 2. The molecule has 1 aliphatic heterocycles. The lowest BCUT2D eigenvalue weighted by molar-refractivity contribution is 0.0878. The summed E-state index contributed by atoms with van der Waals surface area (Å²) in [6, 6.07) is 4.39. The molecule has 0 saturated carbocycles. The van der Waals surface area contributed by atoms with E-state index in [0.29, 0.717) is 11.1 Å². The molecule has 0 fully saturated rings. The van der Waals surface area contributed by atoms with Crippen molar-refractivity contribution in [2.75, 3.05) is 7.05 Å². The van der Waals surface area contributed by atoms with Gasteiger partial charge >= 0.3 is 0 Å². The third kappa shape index (κ3) is 1.38. The molecule has 5 nitrogen and oxygen atoms in total. The van der Waals surface area contributed by atoms with Gasteiger partial charge in [0.15, 0.2) is 0 Å². The Morgan fingerprint density at radius 3 is 2.53 bits per heavy atom. The predicted molar refractivity (Wildman–Crippen MR) is 51.6 cm³/mol. The number of imide groups is 1. The second-order valence-electron chi connectivity index (χ2n) is 3.12. The Bertz CT molecular complexity index is 480. The lowest BCUT2D eigenvalue weighted by Crippen LogP contribution is -2.20. The molecule has 1 heterocycles. The molecule has 0 saturated heterocycles. The maximum absolute atomic E-state index is 11.3. The van der Waals surface area contributed by atoms with Gasteiger partial charge in [-0.25, -0.2) is 0 Å². The van der Waals surface area contributed by atoms with Crippen molar-refractivity contribution in [2.24, 2.45) is 0 Å². The highest BCUT2D eigenvalue weighted by Gasteiger charge is 2.27. The Kier molecular flexibility index (Phi) is 2.00. The molecule has 76 valence electrons. The summed E-state index contributed by atoms with van der Waals surface area (Å²) in [5.41, 5.74) is 0.926. The van der Waals surface area contributed by atoms with Crippen molar-refractivity contribution in [2.45, 2.75) is 0 Å². The molecule has 2 rings (SSSR count). The Hall–Kier alpha value is -2.17. The Balaban J connectivity index is 2.52. The van der Waals surface area contributed by atoms with Crippen molar-refractivity contribution in [1.82, 2.24) is 10.6 Å². The van der Waals surface area contributed by atoms with Crippen LogP contribution >= 0.6 is 0 Å². The van der Waals surface area contributed by atoms with Gasteiger partial charge in [-0.1, -0.05) is 0 Å². The summed E-state index contributed by atoms with van der Waals surface area (Å²) in [7, 11) is 1.50. The quantitative estimate of drug-likeness (QED) is 0.629. The number of rotatable bonds is 1. The second-order valence-corrected chi connectivity index (χ2v) is 3.12. The molecule has 1 aromatic carbocycles. The van der Waals surface area contributed by atoms with Crippen LogP contribution in [0.15, 0.2) is 18.2 Å². The molecular weight excluding hydrogens is 196 g/mol. The molecule has 15 heavy (non-hydrogen) atoms. The first kappa shape index (κ1) is 9.39. The van der Waals surface area contributed by atoms with Crippen molar-refractivity contribution in [3.63, 3.8) is 0 Å². The Labute approximate surface area is 85.5 Å². The zero-order valence-electron chi connectivity index (χ0n) is 7.96. The average Bonchev–Trinajstić information content (AvgIpc) is 2.53. The molecule has 0 atom stereocenters. The summed E-state index contributed by atoms with van der Waals surface area (Å²) in [6.07, 6.45) is 0. The van der Waals surface area contributed by atoms with Crippen LogP contribution in [0.1, 0.15) is 31.1 Å². The fourth-order valence-corrected chi connectivity index (χ4v) is 1.45. The number of amides is 3. The van der Waals surface area contributed by atoms with Gasteiger partial charge in [0.25, 0.3) is 17.7 Å². The van der Waals surface area contributed by atoms with E-state index in [2.05, 4.69) is 10.6 Å². The zero-order chi connectivity index (χ0) is 11.0. The lowest BCUT2D eigenvalue weighted by Gasteiger charge is -2.00. The topological polar surface area (TPSA) is 75.3 Å². The number of fused-ring (bicyclic) bond motifs is 1. The van der Waals surface area contributed by atoms with Crippen LogP contribution < -0.4 is 10.6 Å². The van der Waals surface area contributed by atoms with Gasteiger partial charge in [0.1, 0.15) is 0 Å². The number of hydrogen-bond acceptors (Lipinski definition) is 3. The van der Waals surface area contributed by atoms with Gasteiger partial charge in [0.2, 0.25) is 0 Å². The minimum absolute atomic E-state index is 0.251. The molecule has 3 amide bonds. The SMILES string of the molecule is CNC(=O)c1ccc2c(c1)C(=O)NC2=O. The van der Waals surface area contributed by atoms with Crippen LogP contribution in [-0.2, 0) is 0 Å². The fraction of sp³-hybridized carbons (Fsp3) is 0.100. The first-order valence-corrected chi connectivity index (χ1v) is 4.35. The number of carbonyl (C=O) groups is 3. The van der Waals surface area contributed by atoms with Crippen molar-refractivity contribution < 1.29 is 14.4 Å². The fourth-order valence-electron chi connectivity index (χ4n) is 1.45. The van der Waals surface area contributed by atoms with E-state index in [1.807, 2.05) is 0 Å². The summed E-state index contributed by atoms with van der Waals surface area (Å²) in [4.78, 5) is 33.7. The third-order valence-corrected chi connectivity index (χ3v) is 2.23. The molecule has 1 aromatic rings. The number of nitrogens with one attached hydrogen (secondary N) is 2. The third-order valence-electron chi connectivity index (χ3n) is 2.23. The summed E-state index contributed by atoms with van der Waals surface area (Å²) < 4.78 is 0. The highest BCUT2D eigenvalue weighted by molar-refractivity contribution is 6.22. The second kappa shape index (κ2) is 3.20. The molecule has 0 radical (unpaired) electrons. The maximum atomic E-state index is 11.3. The molecular formula is C10H8N2O3. The van der Waals surface area contributed by atoms with E-state index < -0.39 is 11.8 Å². The van der Waals surface area contributed by atoms with Gasteiger partial charge in [-0.05, 0) is 18.2 Å². The van der Waals surface area contributed by atoms with E-state index in [0.717, 1.165) is 0 Å². The van der Waals surface area contributed by atoms with Crippen molar-refractivity contribution >= 4 is 17.7 Å². The number of carbonyl (C=O) groups excluding carboxylic acids is 3. The van der Waals surface area contributed by atoms with Crippen LogP contribution in [0.5, 0.6) is 0 Å². The highest BCUT2D eigenvalue weighted by Crippen LogP contribution is 2.17. The summed E-state index contributed by atoms with van der Waals surface area (Å²) in [5, 5.41) is 4.60. The zero-order valence-corrected chi connectivity index (χ0v) is 7.96. The van der Waals surface area contributed by atoms with Crippen LogP contribution in [0.2, 0.25) is 0 Å². The number of benzene rings is 1. The molecule has 0 aliphatic carbocycles. The normalized spacial score (nSPS) is 13.4. The molecule has 0 unspecified atom stereocenters. The van der Waals surface area contributed by atoms with Gasteiger partial charge in [0.05, 0.1) is 11.1 Å². The predicted octanol–water partition coefficient (Wildman–Crippen LogP) is -0.0702. The average molecular weight is 204 g/mol. The van der Waals surface area contributed by atoms with Crippen LogP contribution in [0.3, 0.4) is 0 Å². The van der Waals surface area contributed by atoms with Gasteiger partial charge in [-0.2, -0.15) is 0 Å². The first-order chi connectivity index (χ1) is 7.13. The first-order valence-electron chi connectivity index (χ1n) is 4.35. The highest BCUT2D eigenvalue weighted by atomic mass is 16.2. The molecule has 5 heteroatoms. The van der Waals surface area contributed by atoms with E-state index >= 15 is 0 Å². The van der Waals surface area contributed by atoms with E-state index in [1.54, 1.807) is 0 Å². The molecule has 2 N–H and O–H groups in total. The summed E-state index contributed by atoms with van der Waals surface area (Å²) in [6.45, 7) is 0. The van der Waals surface area contributed by atoms with E-state index in [9.17, 15) is 14.4 Å². The van der Waals surface area contributed by atoms with E-state index in [1.165, 1.54) is 25.2 Å². The molecule has 0 bridgehead atoms. The minimum Gasteiger partial charge on any atom is -0.355 e. The van der Waals surface area contributed by atoms with Crippen LogP contribution in [-0.4, -0.2) is 24.8 Å². The summed E-state index contributed by atoms with van der Waals surface area (Å²) in [5.74, 6) is -1.16. The minimum atomic E-state index is -0.458. The Morgan fingerprint density at radius 2 is 1.87 bits per heavy atom. The monoisotopic (exact) mass is 204 g/mol. The van der Waals surface area contributed by atoms with Crippen LogP contribution in [0.4, 0.5) is 0 Å². The van der Waals surface area contributed by atoms with Crippen molar-refractivity contribution in [3.8, 4) is 0 Å². The molecule has 0 aromatic heterocycles. The van der Waals surface area contributed by atoms with Crippen LogP contribution in [0, 0.1) is 0 Å². The van der Waals surface area contributed by atoms with Crippen molar-refractivity contribution in [1.29, 1.82) is 0 Å². The standard InChI is InChI=1S/C10H8N2O3/c1-11-8(13)5-2-3-6-7(4-5)10(15)12-9(6)14/h2-4H,1H3,(H,11,13)(H,12,14,15). The molecule has 1 aliphatic rings. The van der Waals surface area contributed by atoms with Crippen LogP contribution in [0.25, 0.3) is 0 Å². The van der Waals surface area contributed by atoms with Gasteiger partial charge in [-0.15, -0.1) is 0 Å².